The molecule has 2 aromatic carbocycles. The molecule has 1 aromatic heterocycles. The average Bonchev–Trinajstić information content (AvgIpc) is 3.27. The molecule has 0 saturated heterocycles. The molecule has 0 atom stereocenters. The van der Waals surface area contributed by atoms with Crippen molar-refractivity contribution in [1.29, 1.82) is 0 Å². The Kier molecular flexibility index (Phi) is 6.18. The van der Waals surface area contributed by atoms with E-state index in [-0.39, 0.29) is 29.1 Å². The number of nitrogens with zero attached hydrogens (tertiary/aromatic N) is 2. The van der Waals surface area contributed by atoms with Crippen LogP contribution in [0.5, 0.6) is 0 Å². The second kappa shape index (κ2) is 9.00. The number of hydrogen-bond donors (Lipinski definition) is 1. The fourth-order valence-corrected chi connectivity index (χ4v) is 4.81. The SMILES string of the molecule is Cc1cc(CNC(=O)CSc2nc3ccccc3c(=O)n2C2CCCC2)ccc1F. The van der Waals surface area contributed by atoms with E-state index in [0.29, 0.717) is 28.2 Å². The Morgan fingerprint density at radius 1 is 1.23 bits per heavy atom. The minimum atomic E-state index is -0.257. The Balaban J connectivity index is 1.50. The molecule has 3 aromatic rings. The highest BCUT2D eigenvalue weighted by Gasteiger charge is 2.23. The zero-order valence-electron chi connectivity index (χ0n) is 16.9. The molecule has 1 heterocycles. The lowest BCUT2D eigenvalue weighted by Crippen LogP contribution is -2.28. The largest absolute Gasteiger partial charge is 0.351 e. The van der Waals surface area contributed by atoms with Gasteiger partial charge in [-0.15, -0.1) is 0 Å². The van der Waals surface area contributed by atoms with Gasteiger partial charge in [-0.05, 0) is 49.1 Å². The van der Waals surface area contributed by atoms with E-state index in [1.807, 2.05) is 24.3 Å². The van der Waals surface area contributed by atoms with Crippen LogP contribution in [-0.2, 0) is 11.3 Å². The molecule has 4 rings (SSSR count). The number of fused-ring (bicyclic) bond motifs is 1. The maximum atomic E-state index is 13.4. The van der Waals surface area contributed by atoms with Crippen molar-refractivity contribution in [3.8, 4) is 0 Å². The zero-order valence-corrected chi connectivity index (χ0v) is 17.7. The number of carbonyl (C=O) groups is 1. The van der Waals surface area contributed by atoms with Crippen molar-refractivity contribution in [2.24, 2.45) is 0 Å². The lowest BCUT2D eigenvalue weighted by atomic mass is 10.1. The molecule has 156 valence electrons. The molecule has 0 spiro atoms. The van der Waals surface area contributed by atoms with Gasteiger partial charge < -0.3 is 5.32 Å². The summed E-state index contributed by atoms with van der Waals surface area (Å²) < 4.78 is 15.2. The summed E-state index contributed by atoms with van der Waals surface area (Å²) >= 11 is 1.29. The summed E-state index contributed by atoms with van der Waals surface area (Å²) in [6.07, 6.45) is 4.13. The Morgan fingerprint density at radius 2 is 2.00 bits per heavy atom. The van der Waals surface area contributed by atoms with Crippen LogP contribution in [0.15, 0.2) is 52.4 Å². The minimum absolute atomic E-state index is 0.0304. The molecule has 0 aliphatic heterocycles. The molecule has 1 saturated carbocycles. The van der Waals surface area contributed by atoms with E-state index < -0.39 is 0 Å². The average molecular weight is 426 g/mol. The molecule has 1 N–H and O–H groups in total. The Hall–Kier alpha value is -2.67. The first kappa shape index (κ1) is 20.6. The summed E-state index contributed by atoms with van der Waals surface area (Å²) in [6, 6.07) is 12.3. The number of aromatic nitrogens is 2. The molecule has 30 heavy (non-hydrogen) atoms. The number of para-hydroxylation sites is 1. The van der Waals surface area contributed by atoms with Crippen molar-refractivity contribution in [1.82, 2.24) is 14.9 Å². The molecule has 1 fully saturated rings. The summed E-state index contributed by atoms with van der Waals surface area (Å²) in [5.74, 6) is -0.243. The first-order valence-corrected chi connectivity index (χ1v) is 11.2. The van der Waals surface area contributed by atoms with Crippen LogP contribution in [0.1, 0.15) is 42.9 Å². The number of aryl methyl sites for hydroxylation is 1. The fourth-order valence-electron chi connectivity index (χ4n) is 3.91. The summed E-state index contributed by atoms with van der Waals surface area (Å²) in [5.41, 5.74) is 2.02. The van der Waals surface area contributed by atoms with Gasteiger partial charge in [0.2, 0.25) is 5.91 Å². The standard InChI is InChI=1S/C23H24FN3O2S/c1-15-12-16(10-11-19(15)24)13-25-21(28)14-30-23-26-20-9-5-4-8-18(20)22(29)27(23)17-6-2-3-7-17/h4-5,8-12,17H,2-3,6-7,13-14H2,1H3,(H,25,28). The monoisotopic (exact) mass is 425 g/mol. The van der Waals surface area contributed by atoms with E-state index in [1.54, 1.807) is 23.6 Å². The van der Waals surface area contributed by atoms with Crippen LogP contribution in [0.25, 0.3) is 10.9 Å². The van der Waals surface area contributed by atoms with Gasteiger partial charge in [0.05, 0.1) is 16.7 Å². The first-order valence-electron chi connectivity index (χ1n) is 10.2. The predicted molar refractivity (Wildman–Crippen MR) is 117 cm³/mol. The summed E-state index contributed by atoms with van der Waals surface area (Å²) in [5, 5.41) is 4.07. The van der Waals surface area contributed by atoms with Crippen LogP contribution in [0.2, 0.25) is 0 Å². The third-order valence-electron chi connectivity index (χ3n) is 5.51. The van der Waals surface area contributed by atoms with Crippen molar-refractivity contribution in [3.63, 3.8) is 0 Å². The molecule has 0 bridgehead atoms. The van der Waals surface area contributed by atoms with E-state index >= 15 is 0 Å². The highest BCUT2D eigenvalue weighted by molar-refractivity contribution is 7.99. The second-order valence-corrected chi connectivity index (χ2v) is 8.62. The van der Waals surface area contributed by atoms with Gasteiger partial charge >= 0.3 is 0 Å². The Bertz CT molecular complexity index is 1140. The van der Waals surface area contributed by atoms with E-state index in [0.717, 1.165) is 31.2 Å². The van der Waals surface area contributed by atoms with Crippen molar-refractivity contribution >= 4 is 28.6 Å². The maximum absolute atomic E-state index is 13.4. The van der Waals surface area contributed by atoms with Crippen molar-refractivity contribution < 1.29 is 9.18 Å². The van der Waals surface area contributed by atoms with Gasteiger partial charge in [-0.3, -0.25) is 14.2 Å². The number of amides is 1. The third-order valence-corrected chi connectivity index (χ3v) is 6.46. The molecule has 1 aliphatic rings. The lowest BCUT2D eigenvalue weighted by molar-refractivity contribution is -0.118. The van der Waals surface area contributed by atoms with E-state index in [4.69, 9.17) is 4.98 Å². The number of thioether (sulfide) groups is 1. The molecule has 0 unspecified atom stereocenters. The van der Waals surface area contributed by atoms with Gasteiger partial charge in [0.25, 0.3) is 5.56 Å². The van der Waals surface area contributed by atoms with Crippen LogP contribution in [-0.4, -0.2) is 21.2 Å². The molecule has 0 radical (unpaired) electrons. The Labute approximate surface area is 178 Å². The molecule has 1 aliphatic carbocycles. The summed E-state index contributed by atoms with van der Waals surface area (Å²) in [7, 11) is 0. The minimum Gasteiger partial charge on any atom is -0.351 e. The van der Waals surface area contributed by atoms with Gasteiger partial charge in [-0.25, -0.2) is 9.37 Å². The van der Waals surface area contributed by atoms with Crippen LogP contribution < -0.4 is 10.9 Å². The van der Waals surface area contributed by atoms with Crippen LogP contribution >= 0.6 is 11.8 Å². The smallest absolute Gasteiger partial charge is 0.262 e. The van der Waals surface area contributed by atoms with E-state index in [9.17, 15) is 14.0 Å². The summed E-state index contributed by atoms with van der Waals surface area (Å²) in [6.45, 7) is 2.03. The number of carbonyl (C=O) groups excluding carboxylic acids is 1. The number of halogens is 1. The van der Waals surface area contributed by atoms with Crippen molar-refractivity contribution in [2.75, 3.05) is 5.75 Å². The normalized spacial score (nSPS) is 14.3. The number of hydrogen-bond acceptors (Lipinski definition) is 4. The maximum Gasteiger partial charge on any atom is 0.262 e. The quantitative estimate of drug-likeness (QED) is 0.471. The van der Waals surface area contributed by atoms with Gasteiger partial charge in [-0.2, -0.15) is 0 Å². The third kappa shape index (κ3) is 4.41. The number of rotatable bonds is 6. The van der Waals surface area contributed by atoms with Gasteiger partial charge in [-0.1, -0.05) is 48.9 Å². The molecular formula is C23H24FN3O2S. The predicted octanol–water partition coefficient (Wildman–Crippen LogP) is 4.37. The fraction of sp³-hybridized carbons (Fsp3) is 0.348. The van der Waals surface area contributed by atoms with E-state index in [1.165, 1.54) is 17.8 Å². The van der Waals surface area contributed by atoms with Crippen LogP contribution in [0.3, 0.4) is 0 Å². The molecule has 1 amide bonds. The molecule has 5 nitrogen and oxygen atoms in total. The molecule has 7 heteroatoms. The van der Waals surface area contributed by atoms with Crippen LogP contribution in [0, 0.1) is 12.7 Å². The first-order chi connectivity index (χ1) is 14.5. The van der Waals surface area contributed by atoms with E-state index in [2.05, 4.69) is 5.32 Å². The van der Waals surface area contributed by atoms with Gasteiger partial charge in [0.1, 0.15) is 5.82 Å². The topological polar surface area (TPSA) is 64.0 Å². The zero-order chi connectivity index (χ0) is 21.1. The van der Waals surface area contributed by atoms with Gasteiger partial charge in [0, 0.05) is 12.6 Å². The number of benzene rings is 2. The highest BCUT2D eigenvalue weighted by Crippen LogP contribution is 2.32. The number of nitrogens with one attached hydrogen (secondary N) is 1. The highest BCUT2D eigenvalue weighted by atomic mass is 32.2. The Morgan fingerprint density at radius 3 is 2.77 bits per heavy atom. The van der Waals surface area contributed by atoms with Crippen molar-refractivity contribution in [2.45, 2.75) is 50.4 Å². The van der Waals surface area contributed by atoms with Crippen LogP contribution in [0.4, 0.5) is 4.39 Å². The lowest BCUT2D eigenvalue weighted by Gasteiger charge is -2.18. The molecular weight excluding hydrogens is 401 g/mol. The summed E-state index contributed by atoms with van der Waals surface area (Å²) in [4.78, 5) is 30.2. The second-order valence-electron chi connectivity index (χ2n) is 7.67. The van der Waals surface area contributed by atoms with Crippen molar-refractivity contribution in [3.05, 3.63) is 69.8 Å². The van der Waals surface area contributed by atoms with Gasteiger partial charge in [0.15, 0.2) is 5.16 Å².